The van der Waals surface area contributed by atoms with Gasteiger partial charge in [-0.2, -0.15) is 0 Å². The normalized spacial score (nSPS) is 17.0. The summed E-state index contributed by atoms with van der Waals surface area (Å²) in [6.45, 7) is 3.48. The zero-order chi connectivity index (χ0) is 13.0. The highest BCUT2D eigenvalue weighted by molar-refractivity contribution is 9.10. The fraction of sp³-hybridized carbons (Fsp3) is 0.643. The van der Waals surface area contributed by atoms with Gasteiger partial charge in [-0.25, -0.2) is 0 Å². The number of rotatable bonds is 4. The molecule has 100 valence electrons. The lowest BCUT2D eigenvalue weighted by atomic mass is 9.95. The van der Waals surface area contributed by atoms with Crippen LogP contribution in [0, 0.1) is 6.92 Å². The van der Waals surface area contributed by atoms with Gasteiger partial charge in [-0.05, 0) is 41.8 Å². The third-order valence-corrected chi connectivity index (χ3v) is 4.06. The average molecular weight is 313 g/mol. The van der Waals surface area contributed by atoms with Crippen LogP contribution in [0.25, 0.3) is 0 Å². The van der Waals surface area contributed by atoms with Gasteiger partial charge >= 0.3 is 0 Å². The Hall–Kier alpha value is -0.610. The summed E-state index contributed by atoms with van der Waals surface area (Å²) >= 11 is 3.44. The molecule has 1 saturated carbocycles. The molecule has 2 rings (SSSR count). The number of aromatic nitrogens is 1. The van der Waals surface area contributed by atoms with Gasteiger partial charge in [-0.3, -0.25) is 4.79 Å². The molecule has 0 saturated heterocycles. The van der Waals surface area contributed by atoms with Gasteiger partial charge in [0.1, 0.15) is 0 Å². The number of hydrogen-bond acceptors (Lipinski definition) is 2. The highest BCUT2D eigenvalue weighted by atomic mass is 79.9. The van der Waals surface area contributed by atoms with Crippen LogP contribution in [0.5, 0.6) is 0 Å². The smallest absolute Gasteiger partial charge is 0.253 e. The summed E-state index contributed by atoms with van der Waals surface area (Å²) in [5.74, 6) is 0. The Morgan fingerprint density at radius 3 is 2.83 bits per heavy atom. The second-order valence-corrected chi connectivity index (χ2v) is 6.04. The van der Waals surface area contributed by atoms with Crippen LogP contribution in [-0.2, 0) is 6.54 Å². The fourth-order valence-corrected chi connectivity index (χ4v) is 3.19. The van der Waals surface area contributed by atoms with Crippen molar-refractivity contribution in [3.8, 4) is 0 Å². The Morgan fingerprint density at radius 2 is 2.11 bits per heavy atom. The highest BCUT2D eigenvalue weighted by Crippen LogP contribution is 2.17. The molecule has 0 spiro atoms. The quantitative estimate of drug-likeness (QED) is 0.927. The lowest BCUT2D eigenvalue weighted by Gasteiger charge is -2.23. The van der Waals surface area contributed by atoms with Gasteiger partial charge in [-0.1, -0.05) is 19.3 Å². The summed E-state index contributed by atoms with van der Waals surface area (Å²) in [4.78, 5) is 11.9. The van der Waals surface area contributed by atoms with Crippen molar-refractivity contribution >= 4 is 15.9 Å². The monoisotopic (exact) mass is 312 g/mol. The van der Waals surface area contributed by atoms with Gasteiger partial charge in [0.25, 0.3) is 5.56 Å². The van der Waals surface area contributed by atoms with Gasteiger partial charge in [0.05, 0.1) is 0 Å². The molecule has 0 unspecified atom stereocenters. The van der Waals surface area contributed by atoms with Crippen molar-refractivity contribution in [2.75, 3.05) is 6.54 Å². The average Bonchev–Trinajstić information content (AvgIpc) is 2.36. The fourth-order valence-electron chi connectivity index (χ4n) is 2.60. The maximum Gasteiger partial charge on any atom is 0.253 e. The van der Waals surface area contributed by atoms with E-state index in [1.807, 2.05) is 19.2 Å². The molecule has 0 bridgehead atoms. The van der Waals surface area contributed by atoms with Gasteiger partial charge in [-0.15, -0.1) is 0 Å². The minimum absolute atomic E-state index is 0.114. The van der Waals surface area contributed by atoms with Gasteiger partial charge in [0.15, 0.2) is 0 Å². The minimum Gasteiger partial charge on any atom is -0.313 e. The van der Waals surface area contributed by atoms with Gasteiger partial charge in [0, 0.05) is 35.4 Å². The van der Waals surface area contributed by atoms with E-state index in [0.717, 1.165) is 23.1 Å². The molecule has 0 amide bonds. The molecule has 1 N–H and O–H groups in total. The van der Waals surface area contributed by atoms with E-state index in [2.05, 4.69) is 21.2 Å². The van der Waals surface area contributed by atoms with Gasteiger partial charge in [0.2, 0.25) is 0 Å². The molecule has 0 radical (unpaired) electrons. The molecule has 3 nitrogen and oxygen atoms in total. The van der Waals surface area contributed by atoms with E-state index in [9.17, 15) is 4.79 Å². The van der Waals surface area contributed by atoms with Crippen LogP contribution >= 0.6 is 15.9 Å². The Morgan fingerprint density at radius 1 is 1.39 bits per heavy atom. The predicted octanol–water partition coefficient (Wildman–Crippen LogP) is 2.84. The van der Waals surface area contributed by atoms with E-state index >= 15 is 0 Å². The lowest BCUT2D eigenvalue weighted by Crippen LogP contribution is -2.35. The molecular weight excluding hydrogens is 292 g/mol. The summed E-state index contributed by atoms with van der Waals surface area (Å²) < 4.78 is 2.76. The third-order valence-electron chi connectivity index (χ3n) is 3.62. The topological polar surface area (TPSA) is 34.0 Å². The SMILES string of the molecule is Cc1cc(Br)cn(CCNC2CCCCC2)c1=O. The van der Waals surface area contributed by atoms with Crippen LogP contribution in [0.4, 0.5) is 0 Å². The first-order chi connectivity index (χ1) is 8.66. The van der Waals surface area contributed by atoms with E-state index in [-0.39, 0.29) is 5.56 Å². The van der Waals surface area contributed by atoms with Crippen LogP contribution in [0.15, 0.2) is 21.5 Å². The van der Waals surface area contributed by atoms with E-state index in [1.54, 1.807) is 4.57 Å². The van der Waals surface area contributed by atoms with Crippen LogP contribution in [0.3, 0.4) is 0 Å². The number of nitrogens with one attached hydrogen (secondary N) is 1. The lowest BCUT2D eigenvalue weighted by molar-refractivity contribution is 0.367. The summed E-state index contributed by atoms with van der Waals surface area (Å²) in [5, 5.41) is 3.56. The largest absolute Gasteiger partial charge is 0.313 e. The summed E-state index contributed by atoms with van der Waals surface area (Å²) in [7, 11) is 0. The van der Waals surface area contributed by atoms with E-state index < -0.39 is 0 Å². The Kier molecular flexibility index (Phi) is 5.01. The van der Waals surface area contributed by atoms with Crippen LogP contribution in [0.2, 0.25) is 0 Å². The van der Waals surface area contributed by atoms with Crippen LogP contribution < -0.4 is 10.9 Å². The van der Waals surface area contributed by atoms with E-state index in [4.69, 9.17) is 0 Å². The maximum atomic E-state index is 11.9. The van der Waals surface area contributed by atoms with E-state index in [1.165, 1.54) is 32.1 Å². The first-order valence-corrected chi connectivity index (χ1v) is 7.56. The molecule has 1 aromatic rings. The number of pyridine rings is 1. The number of hydrogen-bond donors (Lipinski definition) is 1. The molecule has 1 aliphatic carbocycles. The summed E-state index contributed by atoms with van der Waals surface area (Å²) in [6.07, 6.45) is 8.50. The Balaban J connectivity index is 1.88. The van der Waals surface area contributed by atoms with E-state index in [0.29, 0.717) is 6.04 Å². The molecule has 18 heavy (non-hydrogen) atoms. The molecule has 4 heteroatoms. The minimum atomic E-state index is 0.114. The van der Waals surface area contributed by atoms with Crippen molar-refractivity contribution in [1.29, 1.82) is 0 Å². The standard InChI is InChI=1S/C14H21BrN2O/c1-11-9-12(15)10-17(14(11)18)8-7-16-13-5-3-2-4-6-13/h9-10,13,16H,2-8H2,1H3. The second-order valence-electron chi connectivity index (χ2n) is 5.13. The molecular formula is C14H21BrN2O. The third kappa shape index (κ3) is 3.69. The highest BCUT2D eigenvalue weighted by Gasteiger charge is 2.12. The van der Waals surface area contributed by atoms with Gasteiger partial charge < -0.3 is 9.88 Å². The van der Waals surface area contributed by atoms with Crippen LogP contribution in [0.1, 0.15) is 37.7 Å². The molecule has 1 heterocycles. The van der Waals surface area contributed by atoms with Crippen LogP contribution in [-0.4, -0.2) is 17.2 Å². The first-order valence-electron chi connectivity index (χ1n) is 6.77. The van der Waals surface area contributed by atoms with Crippen molar-refractivity contribution in [2.24, 2.45) is 0 Å². The van der Waals surface area contributed by atoms with Crippen molar-refractivity contribution < 1.29 is 0 Å². The first kappa shape index (κ1) is 13.8. The molecule has 0 atom stereocenters. The molecule has 1 aromatic heterocycles. The van der Waals surface area contributed by atoms with Crippen molar-refractivity contribution in [3.05, 3.63) is 32.7 Å². The zero-order valence-corrected chi connectivity index (χ0v) is 12.5. The molecule has 0 aliphatic heterocycles. The zero-order valence-electron chi connectivity index (χ0n) is 10.9. The molecule has 0 aromatic carbocycles. The molecule has 1 fully saturated rings. The number of aryl methyl sites for hydroxylation is 1. The maximum absolute atomic E-state index is 11.9. The molecule has 1 aliphatic rings. The Bertz CT molecular complexity index is 450. The number of nitrogens with zero attached hydrogens (tertiary/aromatic N) is 1. The van der Waals surface area contributed by atoms with Crippen molar-refractivity contribution in [1.82, 2.24) is 9.88 Å². The number of halogens is 1. The predicted molar refractivity (Wildman–Crippen MR) is 78.0 cm³/mol. The second kappa shape index (κ2) is 6.53. The summed E-state index contributed by atoms with van der Waals surface area (Å²) in [6, 6.07) is 2.52. The Labute approximate surface area is 117 Å². The van der Waals surface area contributed by atoms with Crippen molar-refractivity contribution in [2.45, 2.75) is 51.6 Å². The van der Waals surface area contributed by atoms with Crippen molar-refractivity contribution in [3.63, 3.8) is 0 Å². The summed E-state index contributed by atoms with van der Waals surface area (Å²) in [5.41, 5.74) is 0.908.